The van der Waals surface area contributed by atoms with Gasteiger partial charge in [-0.25, -0.2) is 0 Å². The van der Waals surface area contributed by atoms with Crippen molar-refractivity contribution in [3.05, 3.63) is 17.9 Å². The predicted octanol–water partition coefficient (Wildman–Crippen LogP) is 2.79. The third-order valence-electron chi connectivity index (χ3n) is 0.716. The van der Waals surface area contributed by atoms with Gasteiger partial charge in [0.2, 0.25) is 0 Å². The van der Waals surface area contributed by atoms with Crippen molar-refractivity contribution >= 4 is 51.2 Å². The molecule has 0 heterocycles. The molecule has 0 spiro atoms. The standard InChI is InChI=1S/C4H12I2N2OSi.2CH3.2U/c1-6(2,7-3)9-10(4)8-5;;;;/h3,6,8H,1-2,4H3;2*1H3;;/q+1;2*-1;;. The Morgan fingerprint density at radius 1 is 1.36 bits per heavy atom. The summed E-state index contributed by atoms with van der Waals surface area (Å²) in [5, 5.41) is 0. The molecule has 0 bridgehead atoms. The first-order valence-corrected chi connectivity index (χ1v) is 12.2. The van der Waals surface area contributed by atoms with Gasteiger partial charge in [0.25, 0.3) is 0 Å². The van der Waals surface area contributed by atoms with Gasteiger partial charge < -0.3 is 14.9 Å². The molecule has 0 fully saturated rings. The van der Waals surface area contributed by atoms with Crippen LogP contribution in [0.15, 0.2) is 0 Å². The molecule has 0 aromatic carbocycles. The van der Waals surface area contributed by atoms with Crippen molar-refractivity contribution in [2.45, 2.75) is 6.55 Å². The molecular weight excluding hydrogens is 874 g/mol. The normalized spacial score (nSPS) is 9.43. The van der Waals surface area contributed by atoms with E-state index in [-0.39, 0.29) is 77.1 Å². The molecule has 0 aliphatic heterocycles. The summed E-state index contributed by atoms with van der Waals surface area (Å²) < 4.78 is 12.4. The van der Waals surface area contributed by atoms with E-state index < -0.39 is 28.3 Å². The predicted molar refractivity (Wildman–Crippen MR) is 78.3 cm³/mol. The Hall–Kier alpha value is 3.19. The van der Waals surface area contributed by atoms with Crippen LogP contribution in [0.3, 0.4) is 0 Å². The van der Waals surface area contributed by atoms with Gasteiger partial charge >= 0.3 is 83.2 Å². The third-order valence-corrected chi connectivity index (χ3v) is 11.0. The zero-order chi connectivity index (χ0) is 8.20. The summed E-state index contributed by atoms with van der Waals surface area (Å²) >= 11 is -0.281. The Morgan fingerprint density at radius 2 is 1.71 bits per heavy atom. The maximum Gasteiger partial charge on any atom is 0 e. The van der Waals surface area contributed by atoms with Crippen LogP contribution in [-0.2, 0) is 2.76 Å². The van der Waals surface area contributed by atoms with Gasteiger partial charge in [-0.1, -0.05) is 0 Å². The van der Waals surface area contributed by atoms with Gasteiger partial charge in [-0.2, -0.15) is 0 Å². The van der Waals surface area contributed by atoms with Crippen LogP contribution < -0.4 is 3.20 Å². The molecule has 3 nitrogen and oxygen atoms in total. The van der Waals surface area contributed by atoms with Gasteiger partial charge in [0, 0.05) is 62.2 Å². The molecule has 1 N–H and O–H groups in total. The molecule has 0 aromatic heterocycles. The first kappa shape index (κ1) is 30.3. The second-order valence-electron chi connectivity index (χ2n) is 2.02. The van der Waals surface area contributed by atoms with Crippen molar-refractivity contribution in [2.24, 2.45) is 0 Å². The number of nitrogens with zero attached hydrogens (tertiary/aromatic N) is 1. The van der Waals surface area contributed by atoms with Crippen molar-refractivity contribution in [1.82, 2.24) is 3.20 Å². The summed E-state index contributed by atoms with van der Waals surface area (Å²) in [4.78, 5) is 4.04. The van der Waals surface area contributed by atoms with Crippen LogP contribution in [0.4, 0.5) is 0 Å². The van der Waals surface area contributed by atoms with Gasteiger partial charge in [0.15, 0.2) is 0 Å². The fourth-order valence-corrected chi connectivity index (χ4v) is 8.72. The van der Waals surface area contributed by atoms with Gasteiger partial charge in [-0.15, -0.1) is 0 Å². The van der Waals surface area contributed by atoms with E-state index in [2.05, 4.69) is 29.1 Å². The zero-order valence-electron chi connectivity index (χ0n) is 9.22. The Morgan fingerprint density at radius 3 is 1.93 bits per heavy atom. The van der Waals surface area contributed by atoms with Gasteiger partial charge in [-0.05, 0) is 0 Å². The van der Waals surface area contributed by atoms with Gasteiger partial charge in [0.05, 0.1) is 0 Å². The van der Waals surface area contributed by atoms with Crippen LogP contribution in [0, 0.1) is 83.7 Å². The summed E-state index contributed by atoms with van der Waals surface area (Å²) in [6.07, 6.45) is 0. The maximum absolute atomic E-state index is 5.62. The third kappa shape index (κ3) is 17.6. The second-order valence-corrected chi connectivity index (χ2v) is 13.9. The van der Waals surface area contributed by atoms with Crippen LogP contribution in [0.2, 0.25) is 6.55 Å². The van der Waals surface area contributed by atoms with E-state index in [1.54, 1.807) is 0 Å². The van der Waals surface area contributed by atoms with Crippen molar-refractivity contribution in [3.8, 4) is 6.57 Å². The first-order chi connectivity index (χ1) is 4.52. The van der Waals surface area contributed by atoms with Crippen LogP contribution in [-0.4, -0.2) is 19.1 Å². The van der Waals surface area contributed by atoms with Crippen molar-refractivity contribution in [1.29, 1.82) is 0 Å². The first-order valence-electron chi connectivity index (χ1n) is 2.57. The van der Waals surface area contributed by atoms with Crippen LogP contribution >= 0.6 is 42.0 Å². The van der Waals surface area contributed by atoms with Gasteiger partial charge in [0.1, 0.15) is 0 Å². The van der Waals surface area contributed by atoms with E-state index in [0.29, 0.717) is 0 Å². The van der Waals surface area contributed by atoms with Crippen molar-refractivity contribution in [3.63, 3.8) is 0 Å². The number of nitrogens with one attached hydrogen (secondary N) is 1. The minimum atomic E-state index is -2.37. The zero-order valence-corrected chi connectivity index (χ0v) is 23.0. The smallest absolute Gasteiger partial charge is 0 e. The van der Waals surface area contributed by atoms with Crippen LogP contribution in [0.5, 0.6) is 0 Å². The van der Waals surface area contributed by atoms with Crippen LogP contribution in [0.25, 0.3) is 3.06 Å². The molecular formula is C6H18I2N2OSiU2-. The average Bonchev–Trinajstić information content (AvgIpc) is 1.87. The number of hydrogen-bond acceptors (Lipinski definition) is 2. The SMILES string of the molecule is C#[N+][IH](C)(C)O[Si](C)NI.[CH3-].[CH3-].[U].[U]. The molecule has 14 heavy (non-hydrogen) atoms. The van der Waals surface area contributed by atoms with Crippen molar-refractivity contribution in [2.75, 3.05) is 9.86 Å². The molecule has 85 valence electrons. The van der Waals surface area contributed by atoms with E-state index in [4.69, 9.17) is 9.33 Å². The van der Waals surface area contributed by atoms with Crippen molar-refractivity contribution < 1.29 is 65.0 Å². The fraction of sp³-hybridized carbons (Fsp3) is 0.500. The molecule has 0 aliphatic rings. The molecule has 0 atom stereocenters. The second kappa shape index (κ2) is 16.2. The van der Waals surface area contributed by atoms with E-state index in [1.165, 1.54) is 0 Å². The number of hydrogen-bond donors (Lipinski definition) is 1. The number of rotatable bonds is 3. The topological polar surface area (TPSA) is 25.6 Å². The Balaban J connectivity index is -0.0000000675. The fourth-order valence-electron chi connectivity index (χ4n) is 0.343. The molecule has 0 aromatic rings. The Labute approximate surface area is 157 Å². The van der Waals surface area contributed by atoms with E-state index >= 15 is 0 Å². The van der Waals surface area contributed by atoms with E-state index in [0.717, 1.165) is 0 Å². The molecule has 8 heteroatoms. The number of alkyl halides is 2. The summed E-state index contributed by atoms with van der Waals surface area (Å²) in [6, 6.07) is 0. The van der Waals surface area contributed by atoms with E-state index in [9.17, 15) is 0 Å². The molecule has 0 unspecified atom stereocenters. The summed E-state index contributed by atoms with van der Waals surface area (Å²) in [5.41, 5.74) is 0. The molecule has 0 amide bonds. The quantitative estimate of drug-likeness (QED) is 0.155. The number of halogens is 2. The minimum absolute atomic E-state index is 0. The minimum Gasteiger partial charge on any atom is -0.358 e. The molecule has 0 saturated heterocycles. The maximum atomic E-state index is 5.62. The molecule has 1 radical (unpaired) electrons. The Kier molecular flexibility index (Phi) is 35.1. The van der Waals surface area contributed by atoms with E-state index in [1.807, 2.05) is 16.4 Å². The Bertz CT molecular complexity index is 157. The molecule has 0 saturated carbocycles. The largest absolute Gasteiger partial charge is 0.358 e. The summed E-state index contributed by atoms with van der Waals surface area (Å²) in [6.45, 7) is 7.22. The molecule has 0 aliphatic carbocycles. The molecule has 0 rings (SSSR count). The average molecular weight is 892 g/mol. The summed E-state index contributed by atoms with van der Waals surface area (Å²) in [7, 11) is -0.851. The monoisotopic (exact) mass is 892 g/mol. The summed E-state index contributed by atoms with van der Waals surface area (Å²) in [5.74, 6) is 0. The van der Waals surface area contributed by atoms with Crippen LogP contribution in [0.1, 0.15) is 0 Å². The van der Waals surface area contributed by atoms with Gasteiger partial charge in [-0.3, -0.25) is 0 Å².